The molecule has 2 nitrogen and oxygen atoms in total. The Kier molecular flexibility index (Phi) is 3.82. The Labute approximate surface area is 89.8 Å². The molecule has 1 rings (SSSR count). The van der Waals surface area contributed by atoms with Crippen LogP contribution in [0.1, 0.15) is 5.56 Å². The molecule has 2 N–H and O–H groups in total. The molecule has 84 valence electrons. The summed E-state index contributed by atoms with van der Waals surface area (Å²) < 4.78 is 39.7. The SMILES string of the molecule is Nc1cc(Cl)ccc1COCC(F)(F)F. The second kappa shape index (κ2) is 4.72. The number of benzene rings is 1. The molecule has 0 radical (unpaired) electrons. The molecule has 1 aromatic carbocycles. The van der Waals surface area contributed by atoms with Gasteiger partial charge < -0.3 is 10.5 Å². The smallest absolute Gasteiger partial charge is 0.398 e. The topological polar surface area (TPSA) is 35.2 Å². The molecule has 0 amide bonds. The third kappa shape index (κ3) is 4.40. The van der Waals surface area contributed by atoms with Crippen LogP contribution in [0.25, 0.3) is 0 Å². The van der Waals surface area contributed by atoms with Gasteiger partial charge in [-0.15, -0.1) is 0 Å². The van der Waals surface area contributed by atoms with Crippen molar-refractivity contribution in [3.8, 4) is 0 Å². The second-order valence-electron chi connectivity index (χ2n) is 2.95. The molecule has 0 aromatic heterocycles. The number of alkyl halides is 3. The van der Waals surface area contributed by atoms with Gasteiger partial charge in [0, 0.05) is 16.3 Å². The number of nitrogens with two attached hydrogens (primary N) is 1. The van der Waals surface area contributed by atoms with Crippen LogP contribution >= 0.6 is 11.6 Å². The minimum Gasteiger partial charge on any atom is -0.398 e. The van der Waals surface area contributed by atoms with E-state index in [1.165, 1.54) is 12.1 Å². The molecule has 0 aliphatic heterocycles. The lowest BCUT2D eigenvalue weighted by molar-refractivity contribution is -0.176. The number of nitrogen functional groups attached to an aromatic ring is 1. The van der Waals surface area contributed by atoms with Gasteiger partial charge in [0.15, 0.2) is 0 Å². The van der Waals surface area contributed by atoms with Gasteiger partial charge in [-0.05, 0) is 12.1 Å². The van der Waals surface area contributed by atoms with Gasteiger partial charge in [0.05, 0.1) is 6.61 Å². The van der Waals surface area contributed by atoms with E-state index in [0.717, 1.165) is 0 Å². The van der Waals surface area contributed by atoms with Gasteiger partial charge in [0.1, 0.15) is 6.61 Å². The van der Waals surface area contributed by atoms with Crippen molar-refractivity contribution in [3.63, 3.8) is 0 Å². The van der Waals surface area contributed by atoms with Crippen molar-refractivity contribution < 1.29 is 17.9 Å². The van der Waals surface area contributed by atoms with Crippen LogP contribution in [0.5, 0.6) is 0 Å². The summed E-state index contributed by atoms with van der Waals surface area (Å²) in [6, 6.07) is 4.55. The first kappa shape index (κ1) is 12.1. The van der Waals surface area contributed by atoms with Crippen molar-refractivity contribution in [2.45, 2.75) is 12.8 Å². The van der Waals surface area contributed by atoms with Crippen LogP contribution in [0, 0.1) is 0 Å². The Morgan fingerprint density at radius 3 is 2.53 bits per heavy atom. The maximum Gasteiger partial charge on any atom is 0.411 e. The normalized spacial score (nSPS) is 11.7. The highest BCUT2D eigenvalue weighted by Crippen LogP contribution is 2.20. The third-order valence-corrected chi connectivity index (χ3v) is 1.87. The predicted octanol–water partition coefficient (Wildman–Crippen LogP) is 3.00. The highest BCUT2D eigenvalue weighted by Gasteiger charge is 2.27. The van der Waals surface area contributed by atoms with Crippen LogP contribution in [0.15, 0.2) is 18.2 Å². The molecular formula is C9H9ClF3NO. The Balaban J connectivity index is 2.51. The third-order valence-electron chi connectivity index (χ3n) is 1.63. The van der Waals surface area contributed by atoms with Crippen molar-refractivity contribution in [2.24, 2.45) is 0 Å². The van der Waals surface area contributed by atoms with E-state index in [-0.39, 0.29) is 6.61 Å². The lowest BCUT2D eigenvalue weighted by Gasteiger charge is -2.09. The fraction of sp³-hybridized carbons (Fsp3) is 0.333. The van der Waals surface area contributed by atoms with Crippen LogP contribution in [0.4, 0.5) is 18.9 Å². The molecule has 0 spiro atoms. The van der Waals surface area contributed by atoms with E-state index >= 15 is 0 Å². The zero-order valence-electron chi connectivity index (χ0n) is 7.64. The number of anilines is 1. The zero-order valence-corrected chi connectivity index (χ0v) is 8.40. The first-order chi connectivity index (χ1) is 6.88. The summed E-state index contributed by atoms with van der Waals surface area (Å²) in [4.78, 5) is 0. The van der Waals surface area contributed by atoms with Gasteiger partial charge in [0.25, 0.3) is 0 Å². The van der Waals surface area contributed by atoms with Crippen molar-refractivity contribution in [3.05, 3.63) is 28.8 Å². The number of hydrogen-bond donors (Lipinski definition) is 1. The average molecular weight is 240 g/mol. The zero-order chi connectivity index (χ0) is 11.5. The van der Waals surface area contributed by atoms with Crippen molar-refractivity contribution in [1.82, 2.24) is 0 Å². The first-order valence-corrected chi connectivity index (χ1v) is 4.45. The molecule has 0 atom stereocenters. The molecule has 15 heavy (non-hydrogen) atoms. The Morgan fingerprint density at radius 2 is 2.00 bits per heavy atom. The van der Waals surface area contributed by atoms with E-state index in [4.69, 9.17) is 17.3 Å². The highest BCUT2D eigenvalue weighted by molar-refractivity contribution is 6.30. The number of halogens is 4. The van der Waals surface area contributed by atoms with E-state index in [2.05, 4.69) is 4.74 Å². The fourth-order valence-corrected chi connectivity index (χ4v) is 1.15. The summed E-state index contributed by atoms with van der Waals surface area (Å²) in [6.07, 6.45) is -4.32. The summed E-state index contributed by atoms with van der Waals surface area (Å²) in [6.45, 7) is -1.46. The molecule has 0 saturated carbocycles. The van der Waals surface area contributed by atoms with Gasteiger partial charge in [-0.25, -0.2) is 0 Å². The van der Waals surface area contributed by atoms with E-state index < -0.39 is 12.8 Å². The molecule has 1 aromatic rings. The monoisotopic (exact) mass is 239 g/mol. The summed E-state index contributed by atoms with van der Waals surface area (Å²) in [5.74, 6) is 0. The average Bonchev–Trinajstić information content (AvgIpc) is 2.07. The van der Waals surface area contributed by atoms with Crippen LogP contribution in [0.2, 0.25) is 5.02 Å². The lowest BCUT2D eigenvalue weighted by Crippen LogP contribution is -2.16. The minimum absolute atomic E-state index is 0.178. The predicted molar refractivity (Wildman–Crippen MR) is 51.6 cm³/mol. The molecule has 0 aliphatic carbocycles. The minimum atomic E-state index is -4.32. The maximum atomic E-state index is 11.7. The molecule has 0 fully saturated rings. The summed E-state index contributed by atoms with van der Waals surface area (Å²) >= 11 is 5.62. The number of hydrogen-bond acceptors (Lipinski definition) is 2. The Hall–Kier alpha value is -0.940. The quantitative estimate of drug-likeness (QED) is 0.823. The largest absolute Gasteiger partial charge is 0.411 e. The Morgan fingerprint density at radius 1 is 1.33 bits per heavy atom. The molecule has 6 heteroatoms. The van der Waals surface area contributed by atoms with Crippen molar-refractivity contribution in [2.75, 3.05) is 12.3 Å². The second-order valence-corrected chi connectivity index (χ2v) is 3.39. The molecule has 0 unspecified atom stereocenters. The van der Waals surface area contributed by atoms with E-state index in [1.807, 2.05) is 0 Å². The van der Waals surface area contributed by atoms with Gasteiger partial charge in [-0.2, -0.15) is 13.2 Å². The van der Waals surface area contributed by atoms with Gasteiger partial charge in [-0.1, -0.05) is 17.7 Å². The van der Waals surface area contributed by atoms with Crippen LogP contribution in [0.3, 0.4) is 0 Å². The van der Waals surface area contributed by atoms with Crippen molar-refractivity contribution in [1.29, 1.82) is 0 Å². The molecule has 0 saturated heterocycles. The first-order valence-electron chi connectivity index (χ1n) is 4.07. The summed E-state index contributed by atoms with van der Waals surface area (Å²) in [5.41, 5.74) is 6.34. The van der Waals surface area contributed by atoms with Crippen LogP contribution in [-0.4, -0.2) is 12.8 Å². The molecular weight excluding hydrogens is 231 g/mol. The highest BCUT2D eigenvalue weighted by atomic mass is 35.5. The lowest BCUT2D eigenvalue weighted by atomic mass is 10.2. The summed E-state index contributed by atoms with van der Waals surface area (Å²) in [7, 11) is 0. The van der Waals surface area contributed by atoms with E-state index in [9.17, 15) is 13.2 Å². The standard InChI is InChI=1S/C9H9ClF3NO/c10-7-2-1-6(8(14)3-7)4-15-5-9(11,12)13/h1-3H,4-5,14H2. The summed E-state index contributed by atoms with van der Waals surface area (Å²) in [5, 5.41) is 0.437. The number of rotatable bonds is 3. The van der Waals surface area contributed by atoms with Gasteiger partial charge >= 0.3 is 6.18 Å². The maximum absolute atomic E-state index is 11.7. The molecule has 0 aliphatic rings. The van der Waals surface area contributed by atoms with E-state index in [0.29, 0.717) is 16.3 Å². The van der Waals surface area contributed by atoms with Crippen LogP contribution < -0.4 is 5.73 Å². The van der Waals surface area contributed by atoms with Gasteiger partial charge in [0.2, 0.25) is 0 Å². The van der Waals surface area contributed by atoms with E-state index in [1.54, 1.807) is 6.07 Å². The van der Waals surface area contributed by atoms with Crippen LogP contribution in [-0.2, 0) is 11.3 Å². The number of ether oxygens (including phenoxy) is 1. The molecule has 0 heterocycles. The Bertz CT molecular complexity index is 341. The van der Waals surface area contributed by atoms with Crippen molar-refractivity contribution >= 4 is 17.3 Å². The molecule has 0 bridgehead atoms. The fourth-order valence-electron chi connectivity index (χ4n) is 0.974. The van der Waals surface area contributed by atoms with Gasteiger partial charge in [-0.3, -0.25) is 0 Å².